The summed E-state index contributed by atoms with van der Waals surface area (Å²) in [5.41, 5.74) is 1.25. The van der Waals surface area contributed by atoms with Crippen molar-refractivity contribution in [1.29, 1.82) is 0 Å². The molecule has 2 heterocycles. The lowest BCUT2D eigenvalue weighted by Gasteiger charge is -2.29. The van der Waals surface area contributed by atoms with Gasteiger partial charge in [-0.2, -0.15) is 0 Å². The first-order valence-corrected chi connectivity index (χ1v) is 9.98. The standard InChI is InChI=1S/C21H20Cl2N2O3/c1-12(2)10-17-18-19(28-25(17)13-6-4-3-5-7-13)21(27)24(20(18)26)14-8-9-15(22)16(23)11-14/h3-9,11-12,17-19H,10H2,1-2H3/t17-,18+,19+/m0/s1. The first kappa shape index (κ1) is 19.2. The highest BCUT2D eigenvalue weighted by Gasteiger charge is 2.59. The molecule has 146 valence electrons. The van der Waals surface area contributed by atoms with E-state index < -0.39 is 12.0 Å². The van der Waals surface area contributed by atoms with Crippen LogP contribution in [0.4, 0.5) is 11.4 Å². The van der Waals surface area contributed by atoms with Crippen molar-refractivity contribution in [2.45, 2.75) is 32.4 Å². The maximum atomic E-state index is 13.3. The Morgan fingerprint density at radius 2 is 1.68 bits per heavy atom. The number of anilines is 2. The molecular formula is C21H20Cl2N2O3. The summed E-state index contributed by atoms with van der Waals surface area (Å²) in [6.45, 7) is 4.18. The summed E-state index contributed by atoms with van der Waals surface area (Å²) in [4.78, 5) is 33.6. The molecule has 2 aliphatic heterocycles. The number of hydroxylamine groups is 1. The summed E-state index contributed by atoms with van der Waals surface area (Å²) in [5.74, 6) is -0.872. The van der Waals surface area contributed by atoms with Crippen LogP contribution in [-0.4, -0.2) is 24.0 Å². The van der Waals surface area contributed by atoms with Crippen molar-refractivity contribution < 1.29 is 14.4 Å². The van der Waals surface area contributed by atoms with Crippen LogP contribution in [0.5, 0.6) is 0 Å². The van der Waals surface area contributed by atoms with Gasteiger partial charge in [0, 0.05) is 0 Å². The Labute approximate surface area is 173 Å². The minimum absolute atomic E-state index is 0.225. The van der Waals surface area contributed by atoms with Crippen molar-refractivity contribution in [1.82, 2.24) is 0 Å². The third-order valence-corrected chi connectivity index (χ3v) is 5.86. The van der Waals surface area contributed by atoms with Crippen LogP contribution in [0.1, 0.15) is 20.3 Å². The van der Waals surface area contributed by atoms with Gasteiger partial charge in [-0.25, -0.2) is 9.96 Å². The van der Waals surface area contributed by atoms with Gasteiger partial charge in [-0.3, -0.25) is 14.4 Å². The SMILES string of the molecule is CC(C)C[C@H]1[C@H]2C(=O)N(c3ccc(Cl)c(Cl)c3)C(=O)[C@@H]2ON1c1ccccc1. The second-order valence-corrected chi connectivity index (χ2v) is 8.33. The first-order valence-electron chi connectivity index (χ1n) is 9.22. The summed E-state index contributed by atoms with van der Waals surface area (Å²) in [7, 11) is 0. The monoisotopic (exact) mass is 418 g/mol. The van der Waals surface area contributed by atoms with Gasteiger partial charge < -0.3 is 0 Å². The highest BCUT2D eigenvalue weighted by atomic mass is 35.5. The van der Waals surface area contributed by atoms with Crippen molar-refractivity contribution in [3.05, 3.63) is 58.6 Å². The molecule has 2 aliphatic rings. The van der Waals surface area contributed by atoms with E-state index in [1.54, 1.807) is 17.2 Å². The number of benzene rings is 2. The molecule has 7 heteroatoms. The van der Waals surface area contributed by atoms with Crippen molar-refractivity contribution in [3.8, 4) is 0 Å². The lowest BCUT2D eigenvalue weighted by Crippen LogP contribution is -2.41. The van der Waals surface area contributed by atoms with E-state index in [0.717, 1.165) is 12.1 Å². The fourth-order valence-corrected chi connectivity index (χ4v) is 4.21. The highest BCUT2D eigenvalue weighted by molar-refractivity contribution is 6.42. The lowest BCUT2D eigenvalue weighted by molar-refractivity contribution is -0.126. The van der Waals surface area contributed by atoms with Crippen LogP contribution in [0, 0.1) is 11.8 Å². The third kappa shape index (κ3) is 3.17. The fraction of sp³-hybridized carbons (Fsp3) is 0.333. The average Bonchev–Trinajstić information content (AvgIpc) is 3.14. The first-order chi connectivity index (χ1) is 13.4. The van der Waals surface area contributed by atoms with Gasteiger partial charge in [0.1, 0.15) is 0 Å². The molecule has 0 N–H and O–H groups in total. The fourth-order valence-electron chi connectivity index (χ4n) is 3.92. The molecule has 2 fully saturated rings. The summed E-state index contributed by atoms with van der Waals surface area (Å²) in [6, 6.07) is 14.1. The predicted octanol–water partition coefficient (Wildman–Crippen LogP) is 4.72. The largest absolute Gasteiger partial charge is 0.273 e. The second-order valence-electron chi connectivity index (χ2n) is 7.52. The number of carbonyl (C=O) groups excluding carboxylic acids is 2. The molecule has 4 rings (SSSR count). The number of carbonyl (C=O) groups is 2. The zero-order valence-corrected chi connectivity index (χ0v) is 17.0. The molecule has 3 atom stereocenters. The molecule has 2 amide bonds. The van der Waals surface area contributed by atoms with Gasteiger partial charge in [0.05, 0.1) is 33.4 Å². The topological polar surface area (TPSA) is 49.9 Å². The van der Waals surface area contributed by atoms with Crippen molar-refractivity contribution in [3.63, 3.8) is 0 Å². The molecule has 2 aromatic rings. The van der Waals surface area contributed by atoms with Crippen LogP contribution < -0.4 is 9.96 Å². The van der Waals surface area contributed by atoms with E-state index in [1.165, 1.54) is 11.0 Å². The summed E-state index contributed by atoms with van der Waals surface area (Å²) >= 11 is 12.1. The molecule has 5 nitrogen and oxygen atoms in total. The van der Waals surface area contributed by atoms with E-state index in [2.05, 4.69) is 13.8 Å². The van der Waals surface area contributed by atoms with Crippen LogP contribution in [0.15, 0.2) is 48.5 Å². The Morgan fingerprint density at radius 3 is 2.32 bits per heavy atom. The van der Waals surface area contributed by atoms with Gasteiger partial charge in [-0.1, -0.05) is 55.2 Å². The Hall–Kier alpha value is -2.08. The second kappa shape index (κ2) is 7.39. The lowest BCUT2D eigenvalue weighted by atomic mass is 9.90. The number of imide groups is 1. The van der Waals surface area contributed by atoms with E-state index in [-0.39, 0.29) is 17.9 Å². The number of halogens is 2. The van der Waals surface area contributed by atoms with E-state index >= 15 is 0 Å². The summed E-state index contributed by atoms with van der Waals surface area (Å²) in [6.07, 6.45) is -0.115. The summed E-state index contributed by atoms with van der Waals surface area (Å²) in [5, 5.41) is 2.40. The molecule has 0 saturated carbocycles. The number of fused-ring (bicyclic) bond motifs is 1. The molecule has 28 heavy (non-hydrogen) atoms. The highest BCUT2D eigenvalue weighted by Crippen LogP contribution is 2.42. The smallest absolute Gasteiger partial charge is 0.266 e. The normalized spacial score (nSPS) is 24.4. The van der Waals surface area contributed by atoms with Crippen LogP contribution in [0.25, 0.3) is 0 Å². The molecule has 0 aliphatic carbocycles. The summed E-state index contributed by atoms with van der Waals surface area (Å²) < 4.78 is 0. The van der Waals surface area contributed by atoms with Crippen molar-refractivity contribution >= 4 is 46.4 Å². The number of rotatable bonds is 4. The van der Waals surface area contributed by atoms with Crippen LogP contribution >= 0.6 is 23.2 Å². The van der Waals surface area contributed by atoms with Crippen molar-refractivity contribution in [2.75, 3.05) is 9.96 Å². The van der Waals surface area contributed by atoms with Crippen LogP contribution in [0.2, 0.25) is 10.0 Å². The maximum Gasteiger partial charge on any atom is 0.266 e. The predicted molar refractivity (Wildman–Crippen MR) is 109 cm³/mol. The molecule has 0 bridgehead atoms. The van der Waals surface area contributed by atoms with E-state index in [0.29, 0.717) is 21.7 Å². The maximum absolute atomic E-state index is 13.3. The molecule has 2 saturated heterocycles. The van der Waals surface area contributed by atoms with Crippen LogP contribution in [0.3, 0.4) is 0 Å². The molecule has 0 aromatic heterocycles. The van der Waals surface area contributed by atoms with E-state index in [4.69, 9.17) is 28.0 Å². The van der Waals surface area contributed by atoms with Gasteiger partial charge in [0.15, 0.2) is 6.10 Å². The van der Waals surface area contributed by atoms with Crippen molar-refractivity contribution in [2.24, 2.45) is 11.8 Å². The Morgan fingerprint density at radius 1 is 0.964 bits per heavy atom. The minimum atomic E-state index is -0.842. The van der Waals surface area contributed by atoms with E-state index in [1.807, 2.05) is 30.3 Å². The van der Waals surface area contributed by atoms with Gasteiger partial charge in [-0.05, 0) is 42.7 Å². The number of hydrogen-bond donors (Lipinski definition) is 0. The zero-order valence-electron chi connectivity index (χ0n) is 15.5. The van der Waals surface area contributed by atoms with Gasteiger partial charge >= 0.3 is 0 Å². The number of hydrogen-bond acceptors (Lipinski definition) is 4. The number of para-hydroxylation sites is 1. The molecule has 0 radical (unpaired) electrons. The molecular weight excluding hydrogens is 399 g/mol. The average molecular weight is 419 g/mol. The third-order valence-electron chi connectivity index (χ3n) is 5.12. The van der Waals surface area contributed by atoms with E-state index in [9.17, 15) is 9.59 Å². The Balaban J connectivity index is 1.70. The molecule has 0 spiro atoms. The van der Waals surface area contributed by atoms with Gasteiger partial charge in [0.2, 0.25) is 5.91 Å². The number of amides is 2. The molecule has 0 unspecified atom stereocenters. The molecule has 2 aromatic carbocycles. The quantitative estimate of drug-likeness (QED) is 0.674. The Bertz CT molecular complexity index is 919. The minimum Gasteiger partial charge on any atom is -0.273 e. The van der Waals surface area contributed by atoms with Gasteiger partial charge in [0.25, 0.3) is 5.91 Å². The van der Waals surface area contributed by atoms with Gasteiger partial charge in [-0.15, -0.1) is 0 Å². The van der Waals surface area contributed by atoms with Crippen LogP contribution in [-0.2, 0) is 14.4 Å². The Kier molecular flexibility index (Phi) is 5.08. The number of nitrogens with zero attached hydrogens (tertiary/aromatic N) is 2. The zero-order chi connectivity index (χ0) is 20.0.